The molecule has 0 saturated heterocycles. The van der Waals surface area contributed by atoms with Gasteiger partial charge in [-0.25, -0.2) is 4.39 Å². The van der Waals surface area contributed by atoms with E-state index in [1.807, 2.05) is 24.3 Å². The molecular weight excluding hydrogens is 255 g/mol. The van der Waals surface area contributed by atoms with Crippen molar-refractivity contribution < 1.29 is 9.18 Å². The fraction of sp³-hybridized carbons (Fsp3) is 0.188. The SMILES string of the molecule is CCc1cccc(NC(C(N)=O)c2ccc(F)cc2)c1. The first-order chi connectivity index (χ1) is 9.60. The number of carbonyl (C=O) groups is 1. The number of halogens is 1. The van der Waals surface area contributed by atoms with E-state index in [2.05, 4.69) is 12.2 Å². The molecule has 20 heavy (non-hydrogen) atoms. The molecule has 0 aliphatic carbocycles. The first kappa shape index (κ1) is 14.1. The minimum absolute atomic E-state index is 0.343. The van der Waals surface area contributed by atoms with Gasteiger partial charge in [0.05, 0.1) is 0 Å². The van der Waals surface area contributed by atoms with Gasteiger partial charge in [-0.15, -0.1) is 0 Å². The Morgan fingerprint density at radius 1 is 1.25 bits per heavy atom. The van der Waals surface area contributed by atoms with Crippen LogP contribution in [0.5, 0.6) is 0 Å². The van der Waals surface area contributed by atoms with Crippen LogP contribution in [-0.2, 0) is 11.2 Å². The van der Waals surface area contributed by atoms with Crippen LogP contribution in [0.15, 0.2) is 48.5 Å². The molecule has 0 saturated carbocycles. The normalized spacial score (nSPS) is 11.9. The van der Waals surface area contributed by atoms with E-state index in [1.165, 1.54) is 12.1 Å². The number of anilines is 1. The monoisotopic (exact) mass is 272 g/mol. The Morgan fingerprint density at radius 2 is 1.95 bits per heavy atom. The number of primary amides is 1. The quantitative estimate of drug-likeness (QED) is 0.879. The molecule has 104 valence electrons. The van der Waals surface area contributed by atoms with Gasteiger partial charge in [-0.3, -0.25) is 4.79 Å². The fourth-order valence-electron chi connectivity index (χ4n) is 2.02. The maximum Gasteiger partial charge on any atom is 0.244 e. The van der Waals surface area contributed by atoms with E-state index >= 15 is 0 Å². The molecule has 1 unspecified atom stereocenters. The molecule has 3 N–H and O–H groups in total. The molecule has 0 aliphatic rings. The molecule has 0 aromatic heterocycles. The Kier molecular flexibility index (Phi) is 4.35. The number of rotatable bonds is 5. The molecule has 0 aliphatic heterocycles. The molecule has 2 aromatic carbocycles. The molecule has 0 bridgehead atoms. The van der Waals surface area contributed by atoms with Crippen molar-refractivity contribution in [2.24, 2.45) is 5.73 Å². The summed E-state index contributed by atoms with van der Waals surface area (Å²) in [6.07, 6.45) is 0.910. The highest BCUT2D eigenvalue weighted by Crippen LogP contribution is 2.21. The Labute approximate surface area is 117 Å². The lowest BCUT2D eigenvalue weighted by Crippen LogP contribution is -2.27. The second kappa shape index (κ2) is 6.19. The summed E-state index contributed by atoms with van der Waals surface area (Å²) in [4.78, 5) is 11.6. The third-order valence-electron chi connectivity index (χ3n) is 3.13. The van der Waals surface area contributed by atoms with Gasteiger partial charge in [0.25, 0.3) is 0 Å². The van der Waals surface area contributed by atoms with Crippen LogP contribution in [0.4, 0.5) is 10.1 Å². The van der Waals surface area contributed by atoms with E-state index in [-0.39, 0.29) is 5.82 Å². The first-order valence-corrected chi connectivity index (χ1v) is 6.50. The summed E-state index contributed by atoms with van der Waals surface area (Å²) in [5, 5.41) is 3.09. The molecule has 0 heterocycles. The molecule has 2 rings (SSSR count). The lowest BCUT2D eigenvalue weighted by molar-refractivity contribution is -0.118. The first-order valence-electron chi connectivity index (χ1n) is 6.50. The summed E-state index contributed by atoms with van der Waals surface area (Å²) >= 11 is 0. The highest BCUT2D eigenvalue weighted by atomic mass is 19.1. The summed E-state index contributed by atoms with van der Waals surface area (Å²) in [6.45, 7) is 2.06. The number of hydrogen-bond acceptors (Lipinski definition) is 2. The highest BCUT2D eigenvalue weighted by Gasteiger charge is 2.17. The molecule has 0 radical (unpaired) electrons. The van der Waals surface area contributed by atoms with Crippen LogP contribution in [0.3, 0.4) is 0 Å². The fourth-order valence-corrected chi connectivity index (χ4v) is 2.02. The summed E-state index contributed by atoms with van der Waals surface area (Å²) in [5.74, 6) is -0.844. The number of nitrogens with two attached hydrogens (primary N) is 1. The van der Waals surface area contributed by atoms with Gasteiger partial charge in [-0.1, -0.05) is 31.2 Å². The van der Waals surface area contributed by atoms with Crippen LogP contribution in [0.1, 0.15) is 24.1 Å². The van der Waals surface area contributed by atoms with Crippen molar-refractivity contribution in [3.05, 3.63) is 65.5 Å². The summed E-state index contributed by atoms with van der Waals surface area (Å²) in [6, 6.07) is 12.8. The summed E-state index contributed by atoms with van der Waals surface area (Å²) < 4.78 is 12.9. The van der Waals surface area contributed by atoms with Crippen molar-refractivity contribution in [2.75, 3.05) is 5.32 Å². The maximum atomic E-state index is 12.9. The van der Waals surface area contributed by atoms with Crippen LogP contribution < -0.4 is 11.1 Å². The minimum Gasteiger partial charge on any atom is -0.370 e. The Morgan fingerprint density at radius 3 is 2.55 bits per heavy atom. The van der Waals surface area contributed by atoms with E-state index in [0.717, 1.165) is 17.7 Å². The second-order valence-electron chi connectivity index (χ2n) is 4.59. The predicted octanol–water partition coefficient (Wildman–Crippen LogP) is 3.03. The topological polar surface area (TPSA) is 55.1 Å². The lowest BCUT2D eigenvalue weighted by atomic mass is 10.1. The highest BCUT2D eigenvalue weighted by molar-refractivity contribution is 5.84. The van der Waals surface area contributed by atoms with Crippen molar-refractivity contribution >= 4 is 11.6 Å². The van der Waals surface area contributed by atoms with E-state index < -0.39 is 11.9 Å². The van der Waals surface area contributed by atoms with Crippen molar-refractivity contribution in [3.63, 3.8) is 0 Å². The zero-order chi connectivity index (χ0) is 14.5. The zero-order valence-corrected chi connectivity index (χ0v) is 11.3. The molecule has 1 amide bonds. The molecule has 4 heteroatoms. The number of benzene rings is 2. The van der Waals surface area contributed by atoms with Crippen molar-refractivity contribution in [3.8, 4) is 0 Å². The smallest absolute Gasteiger partial charge is 0.244 e. The third kappa shape index (κ3) is 3.35. The Balaban J connectivity index is 2.25. The van der Waals surface area contributed by atoms with Gasteiger partial charge in [-0.05, 0) is 41.8 Å². The van der Waals surface area contributed by atoms with Gasteiger partial charge in [0.2, 0.25) is 5.91 Å². The van der Waals surface area contributed by atoms with Crippen LogP contribution in [-0.4, -0.2) is 5.91 Å². The zero-order valence-electron chi connectivity index (χ0n) is 11.3. The van der Waals surface area contributed by atoms with Gasteiger partial charge < -0.3 is 11.1 Å². The summed E-state index contributed by atoms with van der Waals surface area (Å²) in [7, 11) is 0. The van der Waals surface area contributed by atoms with Crippen molar-refractivity contribution in [1.29, 1.82) is 0 Å². The Hall–Kier alpha value is -2.36. The molecular formula is C16H17FN2O. The number of nitrogens with one attached hydrogen (secondary N) is 1. The van der Waals surface area contributed by atoms with Crippen LogP contribution >= 0.6 is 0 Å². The lowest BCUT2D eigenvalue weighted by Gasteiger charge is -2.17. The standard InChI is InChI=1S/C16H17FN2O/c1-2-11-4-3-5-14(10-11)19-15(16(18)20)12-6-8-13(17)9-7-12/h3-10,15,19H,2H2,1H3,(H2,18,20). The second-order valence-corrected chi connectivity index (χ2v) is 4.59. The molecule has 3 nitrogen and oxygen atoms in total. The van der Waals surface area contributed by atoms with E-state index in [0.29, 0.717) is 5.56 Å². The van der Waals surface area contributed by atoms with Gasteiger partial charge in [0.1, 0.15) is 11.9 Å². The molecule has 1 atom stereocenters. The molecule has 0 fully saturated rings. The average molecular weight is 272 g/mol. The van der Waals surface area contributed by atoms with Crippen molar-refractivity contribution in [1.82, 2.24) is 0 Å². The van der Waals surface area contributed by atoms with Gasteiger partial charge in [0, 0.05) is 5.69 Å². The van der Waals surface area contributed by atoms with E-state index in [9.17, 15) is 9.18 Å². The molecule has 0 spiro atoms. The minimum atomic E-state index is -0.678. The number of amides is 1. The van der Waals surface area contributed by atoms with Crippen LogP contribution in [0, 0.1) is 5.82 Å². The predicted molar refractivity (Wildman–Crippen MR) is 77.8 cm³/mol. The van der Waals surface area contributed by atoms with Gasteiger partial charge in [0.15, 0.2) is 0 Å². The number of aryl methyl sites for hydroxylation is 1. The number of carbonyl (C=O) groups excluding carboxylic acids is 1. The number of hydrogen-bond donors (Lipinski definition) is 2. The van der Waals surface area contributed by atoms with Gasteiger partial charge >= 0.3 is 0 Å². The van der Waals surface area contributed by atoms with Crippen LogP contribution in [0.2, 0.25) is 0 Å². The largest absolute Gasteiger partial charge is 0.370 e. The van der Waals surface area contributed by atoms with Gasteiger partial charge in [-0.2, -0.15) is 0 Å². The third-order valence-corrected chi connectivity index (χ3v) is 3.13. The van der Waals surface area contributed by atoms with E-state index in [1.54, 1.807) is 12.1 Å². The van der Waals surface area contributed by atoms with Crippen molar-refractivity contribution in [2.45, 2.75) is 19.4 Å². The maximum absolute atomic E-state index is 12.9. The molecule has 2 aromatic rings. The average Bonchev–Trinajstić information content (AvgIpc) is 2.46. The van der Waals surface area contributed by atoms with E-state index in [4.69, 9.17) is 5.73 Å². The van der Waals surface area contributed by atoms with Crippen LogP contribution in [0.25, 0.3) is 0 Å². The Bertz CT molecular complexity index is 596. The summed E-state index contributed by atoms with van der Waals surface area (Å²) in [5.41, 5.74) is 8.05.